The van der Waals surface area contributed by atoms with Gasteiger partial charge in [-0.15, -0.1) is 0 Å². The van der Waals surface area contributed by atoms with E-state index in [1.807, 2.05) is 0 Å². The fourth-order valence-electron chi connectivity index (χ4n) is 2.85. The maximum atomic E-state index is 10.5. The summed E-state index contributed by atoms with van der Waals surface area (Å²) in [6.07, 6.45) is -5.45. The lowest BCUT2D eigenvalue weighted by atomic mass is 9.87. The number of hydrogen-bond acceptors (Lipinski definition) is 4. The number of para-hydroxylation sites is 1. The van der Waals surface area contributed by atoms with Gasteiger partial charge in [-0.25, -0.2) is 4.58 Å². The van der Waals surface area contributed by atoms with E-state index in [9.17, 15) is 26.3 Å². The highest BCUT2D eigenvalue weighted by atomic mass is 19.4. The first-order valence-corrected chi connectivity index (χ1v) is 9.77. The van der Waals surface area contributed by atoms with Crippen molar-refractivity contribution in [2.24, 2.45) is 0 Å². The summed E-state index contributed by atoms with van der Waals surface area (Å²) in [6, 6.07) is 8.81. The van der Waals surface area contributed by atoms with Gasteiger partial charge in [-0.1, -0.05) is 18.2 Å². The van der Waals surface area contributed by atoms with Crippen LogP contribution in [0.3, 0.4) is 0 Å². The van der Waals surface area contributed by atoms with Gasteiger partial charge in [0.25, 0.3) is 0 Å². The normalized spacial score (nSPS) is 14.7. The first-order valence-electron chi connectivity index (χ1n) is 9.77. The van der Waals surface area contributed by atoms with E-state index in [4.69, 9.17) is 19.8 Å². The van der Waals surface area contributed by atoms with Crippen molar-refractivity contribution in [1.29, 1.82) is 0 Å². The maximum absolute atomic E-state index is 10.5. The monoisotopic (exact) mass is 486 g/mol. The van der Waals surface area contributed by atoms with Gasteiger partial charge in [-0.2, -0.15) is 26.3 Å². The van der Waals surface area contributed by atoms with Crippen LogP contribution in [-0.4, -0.2) is 73.8 Å². The molecule has 0 fully saturated rings. The molecule has 0 aliphatic carbocycles. The number of aliphatic carboxylic acids is 2. The van der Waals surface area contributed by atoms with E-state index < -0.39 is 24.3 Å². The topological polar surface area (TPSA) is 83.3 Å². The molecule has 0 saturated heterocycles. The molecule has 33 heavy (non-hydrogen) atoms. The molecule has 0 spiro atoms. The number of alkyl halides is 6. The van der Waals surface area contributed by atoms with Crippen molar-refractivity contribution < 1.29 is 55.2 Å². The molecule has 0 aromatic heterocycles. The average molecular weight is 486 g/mol. The van der Waals surface area contributed by atoms with Crippen LogP contribution in [0.25, 0.3) is 0 Å². The zero-order valence-corrected chi connectivity index (χ0v) is 19.0. The largest absolute Gasteiger partial charge is 0.542 e. The molecule has 1 aromatic rings. The highest BCUT2D eigenvalue weighted by molar-refractivity contribution is 5.76. The van der Waals surface area contributed by atoms with Crippen LogP contribution < -0.4 is 10.2 Å². The molecule has 0 saturated carbocycles. The van der Waals surface area contributed by atoms with Crippen molar-refractivity contribution in [3.63, 3.8) is 0 Å². The Morgan fingerprint density at radius 3 is 1.73 bits per heavy atom. The summed E-state index contributed by atoms with van der Waals surface area (Å²) in [7, 11) is 6.79. The number of halogens is 6. The van der Waals surface area contributed by atoms with E-state index >= 15 is 0 Å². The lowest BCUT2D eigenvalue weighted by Crippen LogP contribution is -2.37. The molecular formula is C21H28F6N2O4. The Balaban J connectivity index is 0.000000605. The quantitative estimate of drug-likeness (QED) is 0.275. The van der Waals surface area contributed by atoms with Gasteiger partial charge >= 0.3 is 12.4 Å². The zero-order chi connectivity index (χ0) is 26.3. The average Bonchev–Trinajstić information content (AvgIpc) is 2.88. The van der Waals surface area contributed by atoms with E-state index in [2.05, 4.69) is 70.0 Å². The predicted molar refractivity (Wildman–Crippen MR) is 105 cm³/mol. The Hall–Kier alpha value is -2.63. The molecule has 0 atom stereocenters. The summed E-state index contributed by atoms with van der Waals surface area (Å²) >= 11 is 0. The molecule has 1 aromatic carbocycles. The van der Waals surface area contributed by atoms with Crippen LogP contribution in [0.2, 0.25) is 0 Å². The molecule has 12 heteroatoms. The van der Waals surface area contributed by atoms with E-state index in [1.165, 1.54) is 30.6 Å². The Kier molecular flexibility index (Phi) is 10.6. The second-order valence-corrected chi connectivity index (χ2v) is 8.85. The molecule has 0 N–H and O–H groups in total. The Labute approximate surface area is 188 Å². The first-order chi connectivity index (χ1) is 14.7. The molecule has 1 aliphatic heterocycles. The molecule has 0 amide bonds. The number of fused-ring (bicyclic) bond motifs is 1. The molecule has 2 rings (SSSR count). The summed E-state index contributed by atoms with van der Waals surface area (Å²) in [5, 5.41) is 17.6. The summed E-state index contributed by atoms with van der Waals surface area (Å²) in [5.41, 5.74) is 3.04. The molecule has 1 aliphatic rings. The number of hydrogen-bond donors (Lipinski definition) is 0. The molecule has 0 bridgehead atoms. The van der Waals surface area contributed by atoms with Crippen LogP contribution in [0.4, 0.5) is 32.0 Å². The minimum atomic E-state index is -5.19. The standard InChI is InChI=1S/C17H28N2.2C2HF3O2/c1-17(2)14-18(12-8-9-13-19(3,4)5)16-11-7-6-10-15(16)17;2*3-2(4,5)1(6)7/h6-7,10-11,14H,8-9,12-13H2,1-5H3;2*(H,6,7)/q+2;;/p-2. The molecule has 0 radical (unpaired) electrons. The number of nitrogens with zero attached hydrogens (tertiary/aromatic N) is 2. The van der Waals surface area contributed by atoms with Crippen molar-refractivity contribution in [1.82, 2.24) is 0 Å². The van der Waals surface area contributed by atoms with Gasteiger partial charge in [0, 0.05) is 24.5 Å². The van der Waals surface area contributed by atoms with Crippen molar-refractivity contribution >= 4 is 23.8 Å². The maximum Gasteiger partial charge on any atom is 0.430 e. The number of unbranched alkanes of at least 4 members (excludes halogenated alkanes) is 1. The van der Waals surface area contributed by atoms with Crippen LogP contribution in [0.15, 0.2) is 24.3 Å². The lowest BCUT2D eigenvalue weighted by molar-refractivity contribution is -0.870. The Morgan fingerprint density at radius 1 is 0.909 bits per heavy atom. The molecule has 1 heterocycles. The van der Waals surface area contributed by atoms with Gasteiger partial charge in [0.15, 0.2) is 6.21 Å². The SMILES string of the molecule is CC1(C)C=[N+](CCCC[N+](C)(C)C)c2ccccc21.O=C([O-])C(F)(F)F.O=C([O-])C(F)(F)F. The van der Waals surface area contributed by atoms with Crippen molar-refractivity contribution in [3.05, 3.63) is 29.8 Å². The minimum Gasteiger partial charge on any atom is -0.542 e. The first kappa shape index (κ1) is 30.4. The third-order valence-electron chi connectivity index (χ3n) is 4.33. The second kappa shape index (κ2) is 11.5. The summed E-state index contributed by atoms with van der Waals surface area (Å²) in [5.74, 6) is -6.01. The van der Waals surface area contributed by atoms with E-state index in [0.717, 1.165) is 11.0 Å². The third kappa shape index (κ3) is 11.7. The van der Waals surface area contributed by atoms with Crippen LogP contribution in [0.5, 0.6) is 0 Å². The number of carboxylic acid groups (broad SMARTS) is 2. The van der Waals surface area contributed by atoms with Crippen molar-refractivity contribution in [2.45, 2.75) is 44.5 Å². The minimum absolute atomic E-state index is 0.177. The molecule has 188 valence electrons. The van der Waals surface area contributed by atoms with Crippen LogP contribution >= 0.6 is 0 Å². The Morgan fingerprint density at radius 2 is 1.33 bits per heavy atom. The third-order valence-corrected chi connectivity index (χ3v) is 4.33. The van der Waals surface area contributed by atoms with E-state index in [-0.39, 0.29) is 5.41 Å². The zero-order valence-electron chi connectivity index (χ0n) is 19.0. The number of carbonyl (C=O) groups excluding carboxylic acids is 2. The van der Waals surface area contributed by atoms with E-state index in [1.54, 1.807) is 0 Å². The highest BCUT2D eigenvalue weighted by Crippen LogP contribution is 2.35. The number of quaternary nitrogens is 1. The van der Waals surface area contributed by atoms with Crippen LogP contribution in [0, 0.1) is 0 Å². The van der Waals surface area contributed by atoms with Gasteiger partial charge in [-0.05, 0) is 13.8 Å². The summed E-state index contributed by atoms with van der Waals surface area (Å²) in [6.45, 7) is 7.00. The van der Waals surface area contributed by atoms with Crippen molar-refractivity contribution in [3.8, 4) is 0 Å². The number of benzene rings is 1. The number of carbonyl (C=O) groups is 2. The fraction of sp³-hybridized carbons (Fsp3) is 0.571. The molecule has 6 nitrogen and oxygen atoms in total. The van der Waals surface area contributed by atoms with Crippen molar-refractivity contribution in [2.75, 3.05) is 34.2 Å². The van der Waals surface area contributed by atoms with Gasteiger partial charge in [-0.3, -0.25) is 0 Å². The van der Waals surface area contributed by atoms with E-state index in [0.29, 0.717) is 0 Å². The second-order valence-electron chi connectivity index (χ2n) is 8.85. The van der Waals surface area contributed by atoms with Gasteiger partial charge in [0.2, 0.25) is 5.69 Å². The van der Waals surface area contributed by atoms with Gasteiger partial charge in [0.05, 0.1) is 33.1 Å². The number of carboxylic acids is 2. The highest BCUT2D eigenvalue weighted by Gasteiger charge is 2.36. The van der Waals surface area contributed by atoms with Crippen LogP contribution in [0.1, 0.15) is 32.3 Å². The molecular weight excluding hydrogens is 458 g/mol. The van der Waals surface area contributed by atoms with Gasteiger partial charge < -0.3 is 24.3 Å². The van der Waals surface area contributed by atoms with Crippen LogP contribution in [-0.2, 0) is 15.0 Å². The number of rotatable bonds is 5. The Bertz CT molecular complexity index is 816. The van der Waals surface area contributed by atoms with Gasteiger partial charge in [0.1, 0.15) is 18.5 Å². The smallest absolute Gasteiger partial charge is 0.430 e. The summed E-state index contributed by atoms with van der Waals surface area (Å²) < 4.78 is 66.6. The predicted octanol–water partition coefficient (Wildman–Crippen LogP) is 1.78. The molecule has 0 unspecified atom stereocenters. The summed E-state index contributed by atoms with van der Waals surface area (Å²) in [4.78, 5) is 17.6. The fourth-order valence-corrected chi connectivity index (χ4v) is 2.85. The lowest BCUT2D eigenvalue weighted by Gasteiger charge is -2.23.